The number of carbonyl (C=O) groups excluding carboxylic acids is 4. The molecule has 1 atom stereocenters. The molecule has 4 amide bonds. The molecule has 17 nitrogen and oxygen atoms in total. The number of hydrogen-bond acceptors (Lipinski definition) is 13. The van der Waals surface area contributed by atoms with Crippen LogP contribution in [0.3, 0.4) is 0 Å². The average molecular weight is 857 g/mol. The first-order valence-corrected chi connectivity index (χ1v) is 21.5. The zero-order valence-corrected chi connectivity index (χ0v) is 36.6. The van der Waals surface area contributed by atoms with Crippen molar-refractivity contribution in [1.29, 1.82) is 0 Å². The zero-order valence-electron chi connectivity index (χ0n) is 35.7. The van der Waals surface area contributed by atoms with E-state index in [4.69, 9.17) is 56.7 Å². The molecule has 0 heterocycles. The standard InChI is InChI=1S/C41H69N4O13P/c1-8-23-52-30-33-55-27-20-42-36(46)14-17-41(18-15-37(47)43-21-28-56-34-31-53-24-9-2,19-16-38(48)44-22-29-57-35-32-54-25-10-3)45-39(49)13-11-12-26-58-59(50,51-7)40(4,5)6/h1-3H,11-35H2,4-7H3,(H,42,46)(H,43,47)(H,44,48)(H,45,49). The van der Waals surface area contributed by atoms with Gasteiger partial charge in [0, 0.05) is 58.0 Å². The molecule has 1 unspecified atom stereocenters. The van der Waals surface area contributed by atoms with E-state index >= 15 is 0 Å². The minimum atomic E-state index is -3.37. The molecule has 0 aliphatic carbocycles. The highest BCUT2D eigenvalue weighted by atomic mass is 31.2. The number of terminal acetylenes is 3. The first kappa shape index (κ1) is 55.5. The predicted octanol–water partition coefficient (Wildman–Crippen LogP) is 2.35. The van der Waals surface area contributed by atoms with Crippen LogP contribution in [-0.2, 0) is 61.2 Å². The minimum Gasteiger partial charge on any atom is -0.377 e. The highest BCUT2D eigenvalue weighted by Gasteiger charge is 2.38. The van der Waals surface area contributed by atoms with Crippen LogP contribution in [0, 0.1) is 37.0 Å². The molecule has 0 aromatic carbocycles. The molecule has 0 saturated carbocycles. The number of hydrogen-bond donors (Lipinski definition) is 4. The number of unbranched alkanes of at least 4 members (excludes halogenated alkanes) is 1. The van der Waals surface area contributed by atoms with Crippen molar-refractivity contribution >= 4 is 31.2 Å². The molecule has 0 radical (unpaired) electrons. The van der Waals surface area contributed by atoms with Crippen LogP contribution in [0.2, 0.25) is 0 Å². The Morgan fingerprint density at radius 3 is 1.24 bits per heavy atom. The van der Waals surface area contributed by atoms with E-state index in [-0.39, 0.29) is 134 Å². The van der Waals surface area contributed by atoms with Crippen LogP contribution in [0.4, 0.5) is 0 Å². The first-order valence-electron chi connectivity index (χ1n) is 20.0. The van der Waals surface area contributed by atoms with Crippen molar-refractivity contribution in [3.8, 4) is 37.0 Å². The van der Waals surface area contributed by atoms with Gasteiger partial charge in [0.25, 0.3) is 0 Å². The molecule has 0 saturated heterocycles. The van der Waals surface area contributed by atoms with Crippen LogP contribution in [0.1, 0.15) is 78.6 Å². The maximum Gasteiger partial charge on any atom is 0.335 e. The third-order valence-corrected chi connectivity index (χ3v) is 11.0. The number of ether oxygens (including phenoxy) is 6. The fourth-order valence-corrected chi connectivity index (χ4v) is 6.59. The van der Waals surface area contributed by atoms with Gasteiger partial charge >= 0.3 is 7.60 Å². The van der Waals surface area contributed by atoms with Crippen LogP contribution in [0.25, 0.3) is 0 Å². The van der Waals surface area contributed by atoms with Crippen LogP contribution in [0.5, 0.6) is 0 Å². The van der Waals surface area contributed by atoms with E-state index < -0.39 is 18.3 Å². The highest BCUT2D eigenvalue weighted by Crippen LogP contribution is 2.59. The quantitative estimate of drug-likeness (QED) is 0.0400. The third kappa shape index (κ3) is 30.2. The van der Waals surface area contributed by atoms with Crippen molar-refractivity contribution in [2.75, 3.05) is 113 Å². The van der Waals surface area contributed by atoms with Gasteiger partial charge in [0.05, 0.1) is 71.2 Å². The lowest BCUT2D eigenvalue weighted by Gasteiger charge is -2.35. The van der Waals surface area contributed by atoms with Gasteiger partial charge in [0.1, 0.15) is 19.8 Å². The Bertz CT molecular complexity index is 1240. The summed E-state index contributed by atoms with van der Waals surface area (Å²) >= 11 is 0. The summed E-state index contributed by atoms with van der Waals surface area (Å²) in [6.45, 7) is 9.31. The third-order valence-electron chi connectivity index (χ3n) is 8.40. The molecular formula is C41H69N4O13P. The molecule has 0 aliphatic heterocycles. The van der Waals surface area contributed by atoms with E-state index in [0.717, 1.165) is 0 Å². The molecule has 0 aromatic heterocycles. The fraction of sp³-hybridized carbons (Fsp3) is 0.756. The predicted molar refractivity (Wildman–Crippen MR) is 223 cm³/mol. The summed E-state index contributed by atoms with van der Waals surface area (Å²) in [5.41, 5.74) is -1.11. The second-order valence-electron chi connectivity index (χ2n) is 14.1. The van der Waals surface area contributed by atoms with Gasteiger partial charge in [-0.15, -0.1) is 19.3 Å². The Kier molecular flexibility index (Phi) is 33.1. The molecule has 0 bridgehead atoms. The lowest BCUT2D eigenvalue weighted by atomic mass is 9.83. The van der Waals surface area contributed by atoms with Gasteiger partial charge in [-0.1, -0.05) is 17.8 Å². The van der Waals surface area contributed by atoms with E-state index in [0.29, 0.717) is 52.5 Å². The number of amides is 4. The first-order chi connectivity index (χ1) is 28.3. The summed E-state index contributed by atoms with van der Waals surface area (Å²) in [6, 6.07) is 0. The second kappa shape index (κ2) is 35.2. The average Bonchev–Trinajstić information content (AvgIpc) is 3.20. The number of nitrogens with one attached hydrogen (secondary N) is 4. The van der Waals surface area contributed by atoms with E-state index in [9.17, 15) is 23.7 Å². The largest absolute Gasteiger partial charge is 0.377 e. The van der Waals surface area contributed by atoms with Gasteiger partial charge in [0.2, 0.25) is 23.6 Å². The molecule has 0 aliphatic rings. The Morgan fingerprint density at radius 1 is 0.525 bits per heavy atom. The van der Waals surface area contributed by atoms with Gasteiger partial charge in [-0.05, 0) is 52.9 Å². The Hall–Kier alpha value is -3.53. The molecule has 0 fully saturated rings. The molecule has 4 N–H and O–H groups in total. The van der Waals surface area contributed by atoms with Crippen LogP contribution in [-0.4, -0.2) is 147 Å². The Labute approximate surface area is 352 Å². The maximum atomic E-state index is 13.5. The van der Waals surface area contributed by atoms with Crippen molar-refractivity contribution in [2.24, 2.45) is 0 Å². The van der Waals surface area contributed by atoms with Crippen molar-refractivity contribution in [3.05, 3.63) is 0 Å². The van der Waals surface area contributed by atoms with Crippen LogP contribution in [0.15, 0.2) is 0 Å². The van der Waals surface area contributed by atoms with Crippen LogP contribution < -0.4 is 21.3 Å². The molecule has 0 rings (SSSR count). The topological polar surface area (TPSA) is 207 Å². The molecule has 0 spiro atoms. The second-order valence-corrected chi connectivity index (χ2v) is 17.1. The Balaban J connectivity index is 5.72. The van der Waals surface area contributed by atoms with Gasteiger partial charge in [-0.2, -0.15) is 0 Å². The summed E-state index contributed by atoms with van der Waals surface area (Å²) in [5.74, 6) is 5.88. The fourth-order valence-electron chi connectivity index (χ4n) is 5.18. The molecule has 59 heavy (non-hydrogen) atoms. The highest BCUT2D eigenvalue weighted by molar-refractivity contribution is 7.55. The summed E-state index contributed by atoms with van der Waals surface area (Å²) in [4.78, 5) is 52.6. The minimum absolute atomic E-state index is 0.00702. The molecule has 336 valence electrons. The van der Waals surface area contributed by atoms with Gasteiger partial charge < -0.3 is 58.7 Å². The van der Waals surface area contributed by atoms with E-state index in [1.54, 1.807) is 20.8 Å². The maximum absolute atomic E-state index is 13.5. The van der Waals surface area contributed by atoms with Crippen molar-refractivity contribution in [1.82, 2.24) is 21.3 Å². The monoisotopic (exact) mass is 856 g/mol. The number of carbonyl (C=O) groups is 4. The molecular weight excluding hydrogens is 787 g/mol. The van der Waals surface area contributed by atoms with Gasteiger partial charge in [-0.3, -0.25) is 23.7 Å². The lowest BCUT2D eigenvalue weighted by Crippen LogP contribution is -2.50. The van der Waals surface area contributed by atoms with Gasteiger partial charge in [-0.25, -0.2) is 0 Å². The smallest absolute Gasteiger partial charge is 0.335 e. The summed E-state index contributed by atoms with van der Waals surface area (Å²) in [6.07, 6.45) is 16.8. The summed E-state index contributed by atoms with van der Waals surface area (Å²) in [5, 5.41) is 10.8. The summed E-state index contributed by atoms with van der Waals surface area (Å²) in [7, 11) is -2.02. The zero-order chi connectivity index (χ0) is 44.1. The van der Waals surface area contributed by atoms with E-state index in [2.05, 4.69) is 39.0 Å². The number of rotatable bonds is 38. The van der Waals surface area contributed by atoms with Crippen molar-refractivity contribution in [3.63, 3.8) is 0 Å². The van der Waals surface area contributed by atoms with Crippen molar-refractivity contribution in [2.45, 2.75) is 89.3 Å². The van der Waals surface area contributed by atoms with E-state index in [1.807, 2.05) is 0 Å². The van der Waals surface area contributed by atoms with Crippen molar-refractivity contribution < 1.29 is 61.2 Å². The van der Waals surface area contributed by atoms with Crippen LogP contribution >= 0.6 is 7.60 Å². The normalized spacial score (nSPS) is 12.4. The SMILES string of the molecule is C#CCOCCOCCNC(=O)CCC(CCC(=O)NCCOCCOCC#C)(CCC(=O)NCCOCCOCC#C)NC(=O)CCCCOP(=O)(OC)C(C)(C)C. The Morgan fingerprint density at radius 2 is 0.898 bits per heavy atom. The molecule has 18 heteroatoms. The van der Waals surface area contributed by atoms with E-state index in [1.165, 1.54) is 7.11 Å². The molecule has 0 aromatic rings. The summed E-state index contributed by atoms with van der Waals surface area (Å²) < 4.78 is 55.8. The van der Waals surface area contributed by atoms with Gasteiger partial charge in [0.15, 0.2) is 0 Å². The lowest BCUT2D eigenvalue weighted by molar-refractivity contribution is -0.127.